The number of fused-ring (bicyclic) bond motifs is 1. The Morgan fingerprint density at radius 2 is 1.71 bits per heavy atom. The molecule has 0 aromatic heterocycles. The van der Waals surface area contributed by atoms with E-state index in [9.17, 15) is 13.2 Å². The summed E-state index contributed by atoms with van der Waals surface area (Å²) >= 11 is 1.54. The third-order valence-electron chi connectivity index (χ3n) is 6.89. The first-order chi connectivity index (χ1) is 18.4. The Hall–Kier alpha value is -2.97. The Morgan fingerprint density at radius 1 is 1.00 bits per heavy atom. The Kier molecular flexibility index (Phi) is 9.39. The molecule has 3 aromatic rings. The molecule has 0 spiro atoms. The molecule has 0 aliphatic heterocycles. The summed E-state index contributed by atoms with van der Waals surface area (Å²) in [5.74, 6) is 0.0408. The van der Waals surface area contributed by atoms with E-state index in [-0.39, 0.29) is 23.4 Å². The number of aryl methyl sites for hydroxylation is 2. The van der Waals surface area contributed by atoms with Crippen LogP contribution in [0.25, 0.3) is 0 Å². The van der Waals surface area contributed by atoms with Gasteiger partial charge in [0.2, 0.25) is 5.91 Å². The molecule has 0 fully saturated rings. The standard InChI is InChI=1S/C30H36N2O4S2/c1-4-27(24-15-14-22-10-6-7-11-23(22)20-24)31-30(33)21-32(28-12-8-9-13-29(28)36-5-2)38(34,35)26-18-16-25(37-3)17-19-26/h8-9,12-20,27H,4-7,10-11,21H2,1-3H3,(H,31,33)/t27-/m0/s1. The average Bonchev–Trinajstić information content (AvgIpc) is 2.95. The molecule has 0 unspecified atom stereocenters. The van der Waals surface area contributed by atoms with E-state index in [4.69, 9.17) is 4.74 Å². The monoisotopic (exact) mass is 552 g/mol. The first-order valence-electron chi connectivity index (χ1n) is 13.2. The van der Waals surface area contributed by atoms with Gasteiger partial charge in [0.15, 0.2) is 0 Å². The molecule has 1 N–H and O–H groups in total. The summed E-state index contributed by atoms with van der Waals surface area (Å²) in [5, 5.41) is 3.09. The first-order valence-corrected chi connectivity index (χ1v) is 15.8. The van der Waals surface area contributed by atoms with Crippen LogP contribution >= 0.6 is 11.8 Å². The predicted octanol–water partition coefficient (Wildman–Crippen LogP) is 6.15. The van der Waals surface area contributed by atoms with E-state index < -0.39 is 10.0 Å². The Balaban J connectivity index is 1.64. The minimum Gasteiger partial charge on any atom is -0.492 e. The third kappa shape index (κ3) is 6.35. The number of sulfonamides is 1. The summed E-state index contributed by atoms with van der Waals surface area (Å²) in [6.45, 7) is 3.87. The molecule has 6 nitrogen and oxygen atoms in total. The first kappa shape index (κ1) is 28.0. The number of ether oxygens (including phenoxy) is 1. The molecule has 0 radical (unpaired) electrons. The summed E-state index contributed by atoms with van der Waals surface area (Å²) in [5.41, 5.74) is 4.13. The number of rotatable bonds is 11. The zero-order chi connectivity index (χ0) is 27.1. The molecule has 0 heterocycles. The van der Waals surface area contributed by atoms with Crippen LogP contribution in [0.1, 0.15) is 55.8 Å². The van der Waals surface area contributed by atoms with Crippen LogP contribution < -0.4 is 14.4 Å². The highest BCUT2D eigenvalue weighted by atomic mass is 32.2. The van der Waals surface area contributed by atoms with Gasteiger partial charge in [0, 0.05) is 4.90 Å². The molecule has 4 rings (SSSR count). The fourth-order valence-corrected chi connectivity index (χ4v) is 6.72. The summed E-state index contributed by atoms with van der Waals surface area (Å²) in [4.78, 5) is 14.5. The van der Waals surface area contributed by atoms with Crippen LogP contribution in [0, 0.1) is 0 Å². The number of anilines is 1. The van der Waals surface area contributed by atoms with Gasteiger partial charge >= 0.3 is 0 Å². The van der Waals surface area contributed by atoms with E-state index in [2.05, 4.69) is 23.5 Å². The SMILES string of the molecule is CCOc1ccccc1N(CC(=O)N[C@@H](CC)c1ccc2c(c1)CCCC2)S(=O)(=O)c1ccc(SC)cc1. The molecule has 8 heteroatoms. The third-order valence-corrected chi connectivity index (χ3v) is 9.40. The van der Waals surface area contributed by atoms with Crippen molar-refractivity contribution in [2.75, 3.05) is 23.7 Å². The maximum absolute atomic E-state index is 13.9. The largest absolute Gasteiger partial charge is 0.492 e. The topological polar surface area (TPSA) is 75.7 Å². The maximum Gasteiger partial charge on any atom is 0.264 e. The molecule has 38 heavy (non-hydrogen) atoms. The highest BCUT2D eigenvalue weighted by Gasteiger charge is 2.30. The number of amides is 1. The predicted molar refractivity (Wildman–Crippen MR) is 155 cm³/mol. The molecule has 0 saturated heterocycles. The fourth-order valence-electron chi connectivity index (χ4n) is 4.88. The number of benzene rings is 3. The van der Waals surface area contributed by atoms with Gasteiger partial charge in [-0.3, -0.25) is 9.10 Å². The van der Waals surface area contributed by atoms with Crippen LogP contribution in [0.2, 0.25) is 0 Å². The van der Waals surface area contributed by atoms with Crippen molar-refractivity contribution in [3.63, 3.8) is 0 Å². The van der Waals surface area contributed by atoms with Crippen molar-refractivity contribution in [2.45, 2.75) is 61.8 Å². The zero-order valence-corrected chi connectivity index (χ0v) is 23.9. The molecular formula is C30H36N2O4S2. The Morgan fingerprint density at radius 3 is 2.39 bits per heavy atom. The Bertz CT molecular complexity index is 1360. The van der Waals surface area contributed by atoms with Crippen molar-refractivity contribution < 1.29 is 17.9 Å². The van der Waals surface area contributed by atoms with E-state index in [0.717, 1.165) is 27.6 Å². The molecule has 1 amide bonds. The van der Waals surface area contributed by atoms with Gasteiger partial charge in [-0.05, 0) is 98.4 Å². The normalized spacial score (nSPS) is 13.9. The van der Waals surface area contributed by atoms with Gasteiger partial charge in [0.05, 0.1) is 23.2 Å². The lowest BCUT2D eigenvalue weighted by molar-refractivity contribution is -0.120. The lowest BCUT2D eigenvalue weighted by Crippen LogP contribution is -2.42. The molecule has 0 bridgehead atoms. The molecule has 1 aliphatic rings. The van der Waals surface area contributed by atoms with Crippen LogP contribution in [-0.4, -0.2) is 33.7 Å². The van der Waals surface area contributed by atoms with E-state index in [1.54, 1.807) is 48.5 Å². The molecule has 202 valence electrons. The van der Waals surface area contributed by atoms with Crippen molar-refractivity contribution in [2.24, 2.45) is 0 Å². The van der Waals surface area contributed by atoms with Gasteiger partial charge in [0.1, 0.15) is 12.3 Å². The number of nitrogens with zero attached hydrogens (tertiary/aromatic N) is 1. The number of para-hydroxylation sites is 2. The summed E-state index contributed by atoms with van der Waals surface area (Å²) in [6, 6.07) is 19.9. The summed E-state index contributed by atoms with van der Waals surface area (Å²) in [6.07, 6.45) is 7.19. The molecule has 1 atom stereocenters. The summed E-state index contributed by atoms with van der Waals surface area (Å²) < 4.78 is 34.7. The number of nitrogens with one attached hydrogen (secondary N) is 1. The van der Waals surface area contributed by atoms with Gasteiger partial charge in [-0.25, -0.2) is 8.42 Å². The molecule has 3 aromatic carbocycles. The maximum atomic E-state index is 13.9. The zero-order valence-electron chi connectivity index (χ0n) is 22.3. The highest BCUT2D eigenvalue weighted by Crippen LogP contribution is 2.33. The van der Waals surface area contributed by atoms with Crippen LogP contribution in [0.15, 0.2) is 76.5 Å². The van der Waals surface area contributed by atoms with Crippen molar-refractivity contribution in [1.82, 2.24) is 5.32 Å². The van der Waals surface area contributed by atoms with Crippen LogP contribution in [0.3, 0.4) is 0 Å². The average molecular weight is 553 g/mol. The van der Waals surface area contributed by atoms with Crippen LogP contribution in [-0.2, 0) is 27.7 Å². The minimum atomic E-state index is -4.05. The molecule has 1 aliphatic carbocycles. The minimum absolute atomic E-state index is 0.121. The summed E-state index contributed by atoms with van der Waals surface area (Å²) in [7, 11) is -4.05. The number of carbonyl (C=O) groups is 1. The van der Waals surface area contributed by atoms with Crippen molar-refractivity contribution in [3.05, 3.63) is 83.4 Å². The van der Waals surface area contributed by atoms with Crippen LogP contribution in [0.4, 0.5) is 5.69 Å². The van der Waals surface area contributed by atoms with Crippen LogP contribution in [0.5, 0.6) is 5.75 Å². The van der Waals surface area contributed by atoms with Gasteiger partial charge in [-0.1, -0.05) is 37.3 Å². The second-order valence-corrected chi connectivity index (χ2v) is 12.1. The fraction of sp³-hybridized carbons (Fsp3) is 0.367. The quantitative estimate of drug-likeness (QED) is 0.289. The second-order valence-electron chi connectivity index (χ2n) is 9.35. The number of hydrogen-bond acceptors (Lipinski definition) is 5. The lowest BCUT2D eigenvalue weighted by atomic mass is 9.89. The van der Waals surface area contributed by atoms with Gasteiger partial charge < -0.3 is 10.1 Å². The highest BCUT2D eigenvalue weighted by molar-refractivity contribution is 7.98. The van der Waals surface area contributed by atoms with Gasteiger partial charge in [-0.2, -0.15) is 0 Å². The van der Waals surface area contributed by atoms with Crippen molar-refractivity contribution in [3.8, 4) is 5.75 Å². The van der Waals surface area contributed by atoms with Gasteiger partial charge in [0.25, 0.3) is 10.0 Å². The van der Waals surface area contributed by atoms with Crippen molar-refractivity contribution >= 4 is 33.4 Å². The number of hydrogen-bond donors (Lipinski definition) is 1. The molecular weight excluding hydrogens is 516 g/mol. The second kappa shape index (κ2) is 12.7. The number of thioether (sulfide) groups is 1. The van der Waals surface area contributed by atoms with E-state index in [1.165, 1.54) is 35.7 Å². The van der Waals surface area contributed by atoms with E-state index in [0.29, 0.717) is 24.5 Å². The van der Waals surface area contributed by atoms with Gasteiger partial charge in [-0.15, -0.1) is 11.8 Å². The van der Waals surface area contributed by atoms with Crippen molar-refractivity contribution in [1.29, 1.82) is 0 Å². The van der Waals surface area contributed by atoms with E-state index >= 15 is 0 Å². The van der Waals surface area contributed by atoms with E-state index in [1.807, 2.05) is 20.1 Å². The Labute approximate surface area is 230 Å². The molecule has 0 saturated carbocycles. The smallest absolute Gasteiger partial charge is 0.264 e. The number of carbonyl (C=O) groups excluding carboxylic acids is 1. The lowest BCUT2D eigenvalue weighted by Gasteiger charge is -2.27.